The van der Waals surface area contributed by atoms with E-state index in [4.69, 9.17) is 0 Å². The zero-order valence-electron chi connectivity index (χ0n) is 21.8. The molecule has 3 heterocycles. The lowest BCUT2D eigenvalue weighted by Crippen LogP contribution is -2.45. The van der Waals surface area contributed by atoms with Crippen LogP contribution < -0.4 is 10.6 Å². The normalized spacial score (nSPS) is 16.1. The number of pyridine rings is 1. The molecule has 4 rings (SSSR count). The molecule has 14 heteroatoms. The number of benzene rings is 1. The van der Waals surface area contributed by atoms with Gasteiger partial charge in [0.2, 0.25) is 5.88 Å². The van der Waals surface area contributed by atoms with E-state index in [1.807, 2.05) is 24.8 Å². The second-order valence-electron chi connectivity index (χ2n) is 9.29. The molecular formula is C25H31F3N6O4S. The van der Waals surface area contributed by atoms with Crippen molar-refractivity contribution in [1.82, 2.24) is 23.9 Å². The van der Waals surface area contributed by atoms with Gasteiger partial charge in [0.05, 0.1) is 16.8 Å². The number of aromatic nitrogens is 3. The number of likely N-dealkylation sites (N-methyl/N-ethyl adjacent to an activating group) is 1. The smallest absolute Gasteiger partial charge is 0.493 e. The highest BCUT2D eigenvalue weighted by atomic mass is 32.2. The number of halogens is 3. The van der Waals surface area contributed by atoms with E-state index >= 15 is 0 Å². The molecule has 39 heavy (non-hydrogen) atoms. The summed E-state index contributed by atoms with van der Waals surface area (Å²) in [5.74, 6) is 0.327. The third kappa shape index (κ3) is 5.54. The molecular weight excluding hydrogens is 537 g/mol. The molecule has 1 aromatic carbocycles. The van der Waals surface area contributed by atoms with Crippen LogP contribution in [0.5, 0.6) is 5.88 Å². The fraction of sp³-hybridized carbons (Fsp3) is 0.440. The van der Waals surface area contributed by atoms with Crippen molar-refractivity contribution >= 4 is 15.7 Å². The number of imidazole rings is 1. The minimum atomic E-state index is -5.55. The molecule has 1 N–H and O–H groups in total. The fourth-order valence-corrected chi connectivity index (χ4v) is 5.46. The summed E-state index contributed by atoms with van der Waals surface area (Å²) in [4.78, 5) is 23.6. The van der Waals surface area contributed by atoms with Crippen LogP contribution in [0.2, 0.25) is 0 Å². The predicted octanol–water partition coefficient (Wildman–Crippen LogP) is 2.67. The van der Waals surface area contributed by atoms with Gasteiger partial charge in [0, 0.05) is 32.4 Å². The highest BCUT2D eigenvalue weighted by Gasteiger charge is 2.46. The maximum absolute atomic E-state index is 13.6. The number of rotatable bonds is 8. The molecule has 1 aliphatic heterocycles. The fourth-order valence-electron chi connectivity index (χ4n) is 4.70. The summed E-state index contributed by atoms with van der Waals surface area (Å²) in [6, 6.07) is 7.35. The van der Waals surface area contributed by atoms with Gasteiger partial charge >= 0.3 is 11.2 Å². The molecule has 0 amide bonds. The first-order chi connectivity index (χ1) is 18.4. The summed E-state index contributed by atoms with van der Waals surface area (Å²) < 4.78 is 64.5. The Kier molecular flexibility index (Phi) is 8.09. The van der Waals surface area contributed by atoms with Crippen LogP contribution in [0.15, 0.2) is 58.5 Å². The summed E-state index contributed by atoms with van der Waals surface area (Å²) in [5.41, 5.74) is -5.31. The summed E-state index contributed by atoms with van der Waals surface area (Å²) in [5, 5.41) is 10.7. The lowest BCUT2D eigenvalue weighted by atomic mass is 10.1. The van der Waals surface area contributed by atoms with Crippen LogP contribution in [0.3, 0.4) is 0 Å². The lowest BCUT2D eigenvalue weighted by Gasteiger charge is -2.34. The number of sulfone groups is 1. The first-order valence-corrected chi connectivity index (χ1v) is 14.0. The summed E-state index contributed by atoms with van der Waals surface area (Å²) in [6.45, 7) is 8.45. The van der Waals surface area contributed by atoms with E-state index in [0.717, 1.165) is 66.4 Å². The zero-order valence-corrected chi connectivity index (χ0v) is 22.7. The molecule has 0 radical (unpaired) electrons. The van der Waals surface area contributed by atoms with Crippen LogP contribution >= 0.6 is 0 Å². The molecule has 0 aliphatic carbocycles. The molecule has 0 bridgehead atoms. The Balaban J connectivity index is 1.75. The molecule has 1 unspecified atom stereocenters. The van der Waals surface area contributed by atoms with Gasteiger partial charge in [-0.25, -0.2) is 22.8 Å². The largest absolute Gasteiger partial charge is 0.501 e. The average molecular weight is 569 g/mol. The van der Waals surface area contributed by atoms with E-state index < -0.39 is 38.0 Å². The molecule has 10 nitrogen and oxygen atoms in total. The molecule has 0 spiro atoms. The van der Waals surface area contributed by atoms with Crippen molar-refractivity contribution in [1.29, 1.82) is 0 Å². The third-order valence-electron chi connectivity index (χ3n) is 6.92. The first-order valence-electron chi connectivity index (χ1n) is 12.5. The first kappa shape index (κ1) is 28.6. The van der Waals surface area contributed by atoms with Crippen LogP contribution in [0, 0.1) is 0 Å². The van der Waals surface area contributed by atoms with E-state index in [1.165, 1.54) is 10.8 Å². The van der Waals surface area contributed by atoms with E-state index in [1.54, 1.807) is 12.3 Å². The molecule has 1 saturated heterocycles. The quantitative estimate of drug-likeness (QED) is 0.443. The van der Waals surface area contributed by atoms with Gasteiger partial charge in [-0.15, -0.1) is 0 Å². The topological polar surface area (TPSA) is 104 Å². The minimum Gasteiger partial charge on any atom is -0.493 e. The Hall–Kier alpha value is -3.36. The minimum absolute atomic E-state index is 0.0172. The molecule has 212 valence electrons. The van der Waals surface area contributed by atoms with Gasteiger partial charge in [-0.2, -0.15) is 13.2 Å². The van der Waals surface area contributed by atoms with Gasteiger partial charge in [-0.1, -0.05) is 13.8 Å². The van der Waals surface area contributed by atoms with Crippen LogP contribution in [-0.2, 0) is 9.84 Å². The molecule has 0 saturated carbocycles. The number of hydrogen-bond acceptors (Lipinski definition) is 8. The van der Waals surface area contributed by atoms with E-state index in [9.17, 15) is 31.5 Å². The lowest BCUT2D eigenvalue weighted by molar-refractivity contribution is -0.0436. The Morgan fingerprint density at radius 2 is 1.67 bits per heavy atom. The summed E-state index contributed by atoms with van der Waals surface area (Å²) in [6.07, 6.45) is 2.33. The molecule has 1 aliphatic rings. The zero-order chi connectivity index (χ0) is 28.5. The summed E-state index contributed by atoms with van der Waals surface area (Å²) >= 11 is 0. The Bertz CT molecular complexity index is 1460. The van der Waals surface area contributed by atoms with Crippen LogP contribution in [-0.4, -0.2) is 89.3 Å². The number of aromatic hydroxyl groups is 1. The Morgan fingerprint density at radius 1 is 1.05 bits per heavy atom. The second-order valence-corrected chi connectivity index (χ2v) is 11.2. The van der Waals surface area contributed by atoms with Crippen molar-refractivity contribution in [3.63, 3.8) is 0 Å². The van der Waals surface area contributed by atoms with Crippen LogP contribution in [0.1, 0.15) is 25.6 Å². The maximum Gasteiger partial charge on any atom is 0.501 e. The van der Waals surface area contributed by atoms with Gasteiger partial charge in [-0.05, 0) is 62.1 Å². The van der Waals surface area contributed by atoms with E-state index in [-0.39, 0.29) is 5.69 Å². The number of hydrogen-bond donors (Lipinski definition) is 1. The van der Waals surface area contributed by atoms with Crippen LogP contribution in [0.25, 0.3) is 5.69 Å². The SMILES string of the molecule is CCN(CC)C(c1ccnc(N2CCN(C)CC2)c1)n1cc(O)n(-c2ccc(S(=O)(=O)C(F)(F)F)cc2)c1=O. The molecule has 2 aromatic heterocycles. The average Bonchev–Trinajstić information content (AvgIpc) is 3.20. The Morgan fingerprint density at radius 3 is 2.23 bits per heavy atom. The van der Waals surface area contributed by atoms with E-state index in [0.29, 0.717) is 13.1 Å². The van der Waals surface area contributed by atoms with Gasteiger partial charge in [-0.3, -0.25) is 9.47 Å². The summed E-state index contributed by atoms with van der Waals surface area (Å²) in [7, 11) is -3.49. The second kappa shape index (κ2) is 11.0. The number of alkyl halides is 3. The van der Waals surface area contributed by atoms with E-state index in [2.05, 4.69) is 21.8 Å². The highest BCUT2D eigenvalue weighted by molar-refractivity contribution is 7.92. The Labute approximate surface area is 224 Å². The van der Waals surface area contributed by atoms with Gasteiger partial charge in [0.15, 0.2) is 0 Å². The van der Waals surface area contributed by atoms with Gasteiger partial charge in [0.1, 0.15) is 12.0 Å². The monoisotopic (exact) mass is 568 g/mol. The number of anilines is 1. The number of nitrogens with zero attached hydrogens (tertiary/aromatic N) is 6. The van der Waals surface area contributed by atoms with Gasteiger partial charge in [0.25, 0.3) is 9.84 Å². The maximum atomic E-state index is 13.6. The van der Waals surface area contributed by atoms with Crippen molar-refractivity contribution in [2.24, 2.45) is 0 Å². The van der Waals surface area contributed by atoms with Crippen molar-refractivity contribution in [3.8, 4) is 11.6 Å². The van der Waals surface area contributed by atoms with Crippen molar-refractivity contribution < 1.29 is 26.7 Å². The molecule has 1 atom stereocenters. The van der Waals surface area contributed by atoms with Crippen molar-refractivity contribution in [3.05, 3.63) is 64.8 Å². The third-order valence-corrected chi connectivity index (χ3v) is 8.42. The highest BCUT2D eigenvalue weighted by Crippen LogP contribution is 2.31. The van der Waals surface area contributed by atoms with Crippen molar-refractivity contribution in [2.75, 3.05) is 51.2 Å². The van der Waals surface area contributed by atoms with Crippen molar-refractivity contribution in [2.45, 2.75) is 30.4 Å². The van der Waals surface area contributed by atoms with Crippen LogP contribution in [0.4, 0.5) is 19.0 Å². The number of piperazine rings is 1. The predicted molar refractivity (Wildman–Crippen MR) is 140 cm³/mol. The molecule has 3 aromatic rings. The van der Waals surface area contributed by atoms with Gasteiger partial charge < -0.3 is 14.9 Å². The standard InChI is InChI=1S/C25H31F3N6O4S/c1-4-31(5-2)23(18-10-11-29-21(16-18)32-14-12-30(3)13-15-32)33-17-22(35)34(24(33)36)19-6-8-20(9-7-19)39(37,38)25(26,27)28/h6-11,16-17,23,35H,4-5,12-15H2,1-3H3. The molecule has 1 fully saturated rings.